The number of rotatable bonds is 6. The zero-order chi connectivity index (χ0) is 37.6. The van der Waals surface area contributed by atoms with Crippen molar-refractivity contribution in [3.63, 3.8) is 0 Å². The fourth-order valence-electron chi connectivity index (χ4n) is 8.89. The van der Waals surface area contributed by atoms with Gasteiger partial charge in [-0.15, -0.1) is 0 Å². The summed E-state index contributed by atoms with van der Waals surface area (Å²) in [4.78, 5) is 7.59. The molecule has 56 heavy (non-hydrogen) atoms. The number of nitrogens with one attached hydrogen (secondary N) is 1. The molecule has 2 aliphatic heterocycles. The molecule has 1 unspecified atom stereocenters. The molecule has 0 saturated heterocycles. The zero-order valence-corrected chi connectivity index (χ0v) is 31.1. The molecule has 3 N–H and O–H groups in total. The first-order valence-electron chi connectivity index (χ1n) is 19.2. The molecule has 7 aromatic carbocycles. The van der Waals surface area contributed by atoms with Crippen molar-refractivity contribution in [1.82, 2.24) is 5.32 Å². The summed E-state index contributed by atoms with van der Waals surface area (Å²) >= 11 is 0. The fourth-order valence-corrected chi connectivity index (χ4v) is 8.89. The molecule has 1 aliphatic carbocycles. The Labute approximate surface area is 328 Å². The monoisotopic (exact) mass is 720 g/mol. The Bertz CT molecular complexity index is 2680. The average Bonchev–Trinajstić information content (AvgIpc) is 3.51. The van der Waals surface area contributed by atoms with E-state index < -0.39 is 5.41 Å². The van der Waals surface area contributed by atoms with Crippen LogP contribution in [0.25, 0.3) is 22.4 Å². The summed E-state index contributed by atoms with van der Waals surface area (Å²) in [5.41, 5.74) is 24.4. The van der Waals surface area contributed by atoms with Crippen LogP contribution in [0, 0.1) is 0 Å². The zero-order valence-electron chi connectivity index (χ0n) is 31.1. The first-order valence-corrected chi connectivity index (χ1v) is 19.2. The van der Waals surface area contributed by atoms with Crippen molar-refractivity contribution in [1.29, 1.82) is 0 Å². The molecule has 0 saturated carbocycles. The predicted molar refractivity (Wildman–Crippen MR) is 232 cm³/mol. The number of para-hydroxylation sites is 3. The summed E-state index contributed by atoms with van der Waals surface area (Å²) in [5.74, 6) is 0. The third-order valence-electron chi connectivity index (χ3n) is 11.4. The van der Waals surface area contributed by atoms with E-state index in [1.165, 1.54) is 16.7 Å². The normalized spacial score (nSPS) is 16.5. The highest BCUT2D eigenvalue weighted by Crippen LogP contribution is 2.61. The molecule has 4 heteroatoms. The Hall–Kier alpha value is -7.17. The van der Waals surface area contributed by atoms with E-state index in [9.17, 15) is 0 Å². The van der Waals surface area contributed by atoms with E-state index in [0.29, 0.717) is 0 Å². The molecule has 10 rings (SSSR count). The molecule has 0 bridgehead atoms. The highest BCUT2D eigenvalue weighted by Gasteiger charge is 2.52. The van der Waals surface area contributed by atoms with Gasteiger partial charge >= 0.3 is 0 Å². The maximum absolute atomic E-state index is 7.52. The Balaban J connectivity index is 1.09. The maximum atomic E-state index is 7.52. The van der Waals surface area contributed by atoms with Crippen molar-refractivity contribution < 1.29 is 0 Å². The lowest BCUT2D eigenvalue weighted by atomic mass is 9.65. The van der Waals surface area contributed by atoms with E-state index in [1.54, 1.807) is 0 Å². The van der Waals surface area contributed by atoms with Crippen LogP contribution in [0.3, 0.4) is 0 Å². The molecule has 0 radical (unpaired) electrons. The van der Waals surface area contributed by atoms with Gasteiger partial charge in [-0.2, -0.15) is 0 Å². The largest absolute Gasteiger partial charge is 0.400 e. The van der Waals surface area contributed by atoms with Crippen molar-refractivity contribution in [2.75, 3.05) is 4.90 Å². The third-order valence-corrected chi connectivity index (χ3v) is 11.4. The molecule has 4 nitrogen and oxygen atoms in total. The SMILES string of the molecule is C/C=C\C1=C(N)C2(c3cc(-c4ccc(C5N=C(c6ccccc6)C=C(c6ccccc6)N5)cc4)ccc31)c1ccccc1N(c1ccccc1)c1ccccc12. The van der Waals surface area contributed by atoms with Gasteiger partial charge < -0.3 is 16.0 Å². The topological polar surface area (TPSA) is 53.6 Å². The molecule has 1 spiro atoms. The number of anilines is 3. The third kappa shape index (κ3) is 5.25. The summed E-state index contributed by atoms with van der Waals surface area (Å²) in [6.07, 6.45) is 6.18. The van der Waals surface area contributed by atoms with Gasteiger partial charge in [0.1, 0.15) is 6.17 Å². The van der Waals surface area contributed by atoms with Gasteiger partial charge in [-0.25, -0.2) is 0 Å². The summed E-state index contributed by atoms with van der Waals surface area (Å²) < 4.78 is 0. The second kappa shape index (κ2) is 13.6. The molecule has 0 aromatic heterocycles. The minimum Gasteiger partial charge on any atom is -0.400 e. The van der Waals surface area contributed by atoms with Crippen molar-refractivity contribution >= 4 is 34.0 Å². The van der Waals surface area contributed by atoms with Crippen molar-refractivity contribution in [3.05, 3.63) is 245 Å². The molecule has 7 aromatic rings. The highest BCUT2D eigenvalue weighted by molar-refractivity contribution is 6.13. The minimum atomic E-state index is -0.687. The van der Waals surface area contributed by atoms with Gasteiger partial charge in [-0.1, -0.05) is 164 Å². The molecular weight excluding hydrogens is 681 g/mol. The summed E-state index contributed by atoms with van der Waals surface area (Å²) in [7, 11) is 0. The smallest absolute Gasteiger partial charge is 0.145 e. The number of aliphatic imine (C=N–C) groups is 1. The van der Waals surface area contributed by atoms with Crippen LogP contribution >= 0.6 is 0 Å². The quantitative estimate of drug-likeness (QED) is 0.180. The van der Waals surface area contributed by atoms with Crippen molar-refractivity contribution in [2.24, 2.45) is 10.7 Å². The second-order valence-electron chi connectivity index (χ2n) is 14.5. The van der Waals surface area contributed by atoms with E-state index in [0.717, 1.165) is 73.1 Å². The summed E-state index contributed by atoms with van der Waals surface area (Å²) in [5, 5.41) is 3.72. The predicted octanol–water partition coefficient (Wildman–Crippen LogP) is 11.9. The van der Waals surface area contributed by atoms with Gasteiger partial charge in [0.15, 0.2) is 0 Å². The van der Waals surface area contributed by atoms with Gasteiger partial charge in [-0.05, 0) is 93.4 Å². The van der Waals surface area contributed by atoms with Crippen LogP contribution in [0.2, 0.25) is 0 Å². The maximum Gasteiger partial charge on any atom is 0.145 e. The van der Waals surface area contributed by atoms with E-state index in [1.807, 2.05) is 12.1 Å². The van der Waals surface area contributed by atoms with Crippen LogP contribution < -0.4 is 16.0 Å². The number of hydrogen-bond donors (Lipinski definition) is 2. The number of nitrogens with two attached hydrogens (primary N) is 1. The van der Waals surface area contributed by atoms with Crippen LogP contribution in [0.15, 0.2) is 211 Å². The molecule has 0 amide bonds. The highest BCUT2D eigenvalue weighted by atomic mass is 15.2. The van der Waals surface area contributed by atoms with Crippen molar-refractivity contribution in [2.45, 2.75) is 18.5 Å². The standard InChI is InChI=1S/C52H40N4/c1-2-16-42-41-32-31-39(35-27-29-38(30-28-35)51-54-46(36-17-6-3-7-18-36)34-47(55-51)37-19-8-4-9-20-37)33-45(41)52(50(42)53)43-23-12-14-25-48(43)56(40-21-10-5-11-22-40)49-26-15-13-24-44(49)52/h2-34,51,54H,53H2,1H3/b16-2-. The number of allylic oxidation sites excluding steroid dienone is 5. The second-order valence-corrected chi connectivity index (χ2v) is 14.5. The van der Waals surface area contributed by atoms with Crippen LogP contribution in [0.5, 0.6) is 0 Å². The van der Waals surface area contributed by atoms with Crippen LogP contribution in [-0.4, -0.2) is 5.71 Å². The minimum absolute atomic E-state index is 0.238. The van der Waals surface area contributed by atoms with E-state index in [2.05, 4.69) is 205 Å². The van der Waals surface area contributed by atoms with Crippen molar-refractivity contribution in [3.8, 4) is 11.1 Å². The lowest BCUT2D eigenvalue weighted by Crippen LogP contribution is -2.39. The van der Waals surface area contributed by atoms with Gasteiger partial charge in [0.05, 0.1) is 22.5 Å². The summed E-state index contributed by atoms with van der Waals surface area (Å²) in [6.45, 7) is 2.06. The van der Waals surface area contributed by atoms with Gasteiger partial charge in [0.2, 0.25) is 0 Å². The van der Waals surface area contributed by atoms with Crippen LogP contribution in [-0.2, 0) is 5.41 Å². The molecule has 268 valence electrons. The first-order chi connectivity index (χ1) is 27.6. The number of fused-ring (bicyclic) bond motifs is 6. The Morgan fingerprint density at radius 3 is 1.80 bits per heavy atom. The lowest BCUT2D eigenvalue weighted by Gasteiger charge is -2.45. The number of nitrogens with zero attached hydrogens (tertiary/aromatic N) is 2. The van der Waals surface area contributed by atoms with E-state index in [-0.39, 0.29) is 6.17 Å². The van der Waals surface area contributed by atoms with Gasteiger partial charge in [-0.3, -0.25) is 4.99 Å². The molecular formula is C52H40N4. The summed E-state index contributed by atoms with van der Waals surface area (Å²) in [6, 6.07) is 64.8. The van der Waals surface area contributed by atoms with E-state index >= 15 is 0 Å². The van der Waals surface area contributed by atoms with Gasteiger partial charge in [0.25, 0.3) is 0 Å². The number of hydrogen-bond acceptors (Lipinski definition) is 4. The number of benzene rings is 7. The Kier molecular flexibility index (Phi) is 8.11. The average molecular weight is 721 g/mol. The Morgan fingerprint density at radius 2 is 1.16 bits per heavy atom. The fraction of sp³-hybridized carbons (Fsp3) is 0.0577. The van der Waals surface area contributed by atoms with Crippen LogP contribution in [0.1, 0.15) is 52.0 Å². The van der Waals surface area contributed by atoms with Gasteiger partial charge in [0, 0.05) is 22.7 Å². The van der Waals surface area contributed by atoms with Crippen LogP contribution in [0.4, 0.5) is 17.1 Å². The first kappa shape index (κ1) is 33.4. The molecule has 3 aliphatic rings. The molecule has 2 heterocycles. The van der Waals surface area contributed by atoms with E-state index in [4.69, 9.17) is 10.7 Å². The Morgan fingerprint density at radius 1 is 0.589 bits per heavy atom. The lowest BCUT2D eigenvalue weighted by molar-refractivity contribution is 0.664. The molecule has 0 fully saturated rings. The molecule has 1 atom stereocenters.